The van der Waals surface area contributed by atoms with Crippen molar-refractivity contribution in [3.63, 3.8) is 0 Å². The van der Waals surface area contributed by atoms with Crippen LogP contribution in [-0.4, -0.2) is 25.0 Å². The van der Waals surface area contributed by atoms with Crippen molar-refractivity contribution in [3.8, 4) is 5.75 Å². The highest BCUT2D eigenvalue weighted by atomic mass is 35.5. The molecule has 0 aromatic heterocycles. The van der Waals surface area contributed by atoms with Crippen LogP contribution < -0.4 is 21.1 Å². The highest BCUT2D eigenvalue weighted by molar-refractivity contribution is 5.97. The maximum atomic E-state index is 12.2. The topological polar surface area (TPSA) is 93.5 Å². The largest absolute Gasteiger partial charge is 0.495 e. The third-order valence-electron chi connectivity index (χ3n) is 4.47. The Morgan fingerprint density at radius 3 is 2.56 bits per heavy atom. The van der Waals surface area contributed by atoms with E-state index in [1.807, 2.05) is 0 Å². The van der Waals surface area contributed by atoms with Crippen molar-refractivity contribution in [2.75, 3.05) is 18.2 Å². The first kappa shape index (κ1) is 21.1. The molecule has 0 aliphatic heterocycles. The average Bonchev–Trinajstić information content (AvgIpc) is 2.55. The highest BCUT2D eigenvalue weighted by Crippen LogP contribution is 2.26. The second-order valence-electron chi connectivity index (χ2n) is 6.44. The van der Waals surface area contributed by atoms with Crippen LogP contribution in [0, 0.1) is 5.92 Å². The molecule has 1 aliphatic rings. The first-order valence-electron chi connectivity index (χ1n) is 8.53. The van der Waals surface area contributed by atoms with Gasteiger partial charge in [-0.2, -0.15) is 0 Å². The molecular weight excluding hydrogens is 342 g/mol. The van der Waals surface area contributed by atoms with Crippen LogP contribution in [0.2, 0.25) is 0 Å². The molecule has 0 radical (unpaired) electrons. The molecule has 2 amide bonds. The molecule has 140 valence electrons. The van der Waals surface area contributed by atoms with E-state index in [-0.39, 0.29) is 24.2 Å². The average molecular weight is 370 g/mol. The van der Waals surface area contributed by atoms with Gasteiger partial charge in [0.05, 0.1) is 12.8 Å². The highest BCUT2D eigenvalue weighted by Gasteiger charge is 2.20. The molecule has 7 heteroatoms. The smallest absolute Gasteiger partial charge is 0.246 e. The van der Waals surface area contributed by atoms with Crippen LogP contribution in [0.1, 0.15) is 45.4 Å². The van der Waals surface area contributed by atoms with Crippen molar-refractivity contribution in [1.29, 1.82) is 0 Å². The summed E-state index contributed by atoms with van der Waals surface area (Å²) >= 11 is 0. The summed E-state index contributed by atoms with van der Waals surface area (Å²) in [6.07, 6.45) is 6.40. The SMILES string of the molecule is COc1ccc(NC(=O)C(C)NC(=O)CC2CCCCC2)cc1N.Cl. The zero-order valence-corrected chi connectivity index (χ0v) is 15.7. The van der Waals surface area contributed by atoms with E-state index in [1.54, 1.807) is 25.1 Å². The summed E-state index contributed by atoms with van der Waals surface area (Å²) in [5, 5.41) is 5.53. The number of nitrogen functional groups attached to an aromatic ring is 1. The van der Waals surface area contributed by atoms with Crippen LogP contribution in [-0.2, 0) is 9.59 Å². The van der Waals surface area contributed by atoms with Crippen molar-refractivity contribution < 1.29 is 14.3 Å². The maximum absolute atomic E-state index is 12.2. The number of methoxy groups -OCH3 is 1. The number of carbonyl (C=O) groups is 2. The molecule has 2 rings (SSSR count). The molecular formula is C18H28ClN3O3. The Hall–Kier alpha value is -1.95. The molecule has 0 heterocycles. The third kappa shape index (κ3) is 6.46. The summed E-state index contributed by atoms with van der Waals surface area (Å²) in [6.45, 7) is 1.68. The van der Waals surface area contributed by atoms with Crippen LogP contribution in [0.4, 0.5) is 11.4 Å². The molecule has 1 saturated carbocycles. The predicted molar refractivity (Wildman–Crippen MR) is 102 cm³/mol. The maximum Gasteiger partial charge on any atom is 0.246 e. The van der Waals surface area contributed by atoms with E-state index in [1.165, 1.54) is 26.4 Å². The molecule has 0 saturated heterocycles. The molecule has 1 unspecified atom stereocenters. The fraction of sp³-hybridized carbons (Fsp3) is 0.556. The second-order valence-corrected chi connectivity index (χ2v) is 6.44. The van der Waals surface area contributed by atoms with Gasteiger partial charge in [-0.25, -0.2) is 0 Å². The van der Waals surface area contributed by atoms with Gasteiger partial charge in [0.15, 0.2) is 0 Å². The predicted octanol–water partition coefficient (Wildman–Crippen LogP) is 3.11. The van der Waals surface area contributed by atoms with Gasteiger partial charge in [-0.1, -0.05) is 19.3 Å². The molecule has 0 bridgehead atoms. The lowest BCUT2D eigenvalue weighted by molar-refractivity contribution is -0.126. The lowest BCUT2D eigenvalue weighted by atomic mass is 9.87. The Balaban J connectivity index is 0.00000312. The number of rotatable bonds is 6. The molecule has 1 aromatic rings. The van der Waals surface area contributed by atoms with Gasteiger partial charge >= 0.3 is 0 Å². The minimum Gasteiger partial charge on any atom is -0.495 e. The normalized spacial score (nSPS) is 15.6. The number of benzene rings is 1. The summed E-state index contributed by atoms with van der Waals surface area (Å²) < 4.78 is 5.08. The molecule has 1 atom stereocenters. The van der Waals surface area contributed by atoms with E-state index < -0.39 is 6.04 Å². The van der Waals surface area contributed by atoms with E-state index in [9.17, 15) is 9.59 Å². The molecule has 6 nitrogen and oxygen atoms in total. The molecule has 1 aliphatic carbocycles. The number of nitrogens with one attached hydrogen (secondary N) is 2. The summed E-state index contributed by atoms with van der Waals surface area (Å²) in [5.74, 6) is 0.688. The Labute approximate surface area is 155 Å². The third-order valence-corrected chi connectivity index (χ3v) is 4.47. The van der Waals surface area contributed by atoms with Crippen LogP contribution in [0.15, 0.2) is 18.2 Å². The molecule has 25 heavy (non-hydrogen) atoms. The summed E-state index contributed by atoms with van der Waals surface area (Å²) in [6, 6.07) is 4.44. The van der Waals surface area contributed by atoms with Crippen molar-refractivity contribution in [1.82, 2.24) is 5.32 Å². The van der Waals surface area contributed by atoms with Crippen LogP contribution in [0.25, 0.3) is 0 Å². The number of anilines is 2. The number of ether oxygens (including phenoxy) is 1. The van der Waals surface area contributed by atoms with Gasteiger partial charge in [-0.3, -0.25) is 9.59 Å². The minimum absolute atomic E-state index is 0. The molecule has 1 fully saturated rings. The van der Waals surface area contributed by atoms with Crippen LogP contribution in [0.5, 0.6) is 5.75 Å². The van der Waals surface area contributed by atoms with Crippen molar-refractivity contribution >= 4 is 35.6 Å². The Bertz CT molecular complexity index is 589. The molecule has 1 aromatic carbocycles. The Kier molecular flexibility index (Phi) is 8.55. The fourth-order valence-electron chi connectivity index (χ4n) is 3.08. The van der Waals surface area contributed by atoms with Gasteiger partial charge in [-0.05, 0) is 43.9 Å². The summed E-state index contributed by atoms with van der Waals surface area (Å²) in [5.41, 5.74) is 6.85. The van der Waals surface area contributed by atoms with Gasteiger partial charge in [0.2, 0.25) is 11.8 Å². The van der Waals surface area contributed by atoms with E-state index in [2.05, 4.69) is 10.6 Å². The van der Waals surface area contributed by atoms with Gasteiger partial charge in [0, 0.05) is 12.1 Å². The standard InChI is InChI=1S/C18H27N3O3.ClH/c1-12(20-17(22)10-13-6-4-3-5-7-13)18(23)21-14-8-9-16(24-2)15(19)11-14;/h8-9,11-13H,3-7,10,19H2,1-2H3,(H,20,22)(H,21,23);1H. The number of carbonyl (C=O) groups excluding carboxylic acids is 2. The van der Waals surface area contributed by atoms with Crippen molar-refractivity contribution in [2.45, 2.75) is 51.5 Å². The van der Waals surface area contributed by atoms with Gasteiger partial charge < -0.3 is 21.1 Å². The monoisotopic (exact) mass is 369 g/mol. The molecule has 4 N–H and O–H groups in total. The van der Waals surface area contributed by atoms with Crippen molar-refractivity contribution in [2.24, 2.45) is 5.92 Å². The number of nitrogens with two attached hydrogens (primary N) is 1. The van der Waals surface area contributed by atoms with Gasteiger partial charge in [-0.15, -0.1) is 12.4 Å². The van der Waals surface area contributed by atoms with Crippen molar-refractivity contribution in [3.05, 3.63) is 18.2 Å². The zero-order chi connectivity index (χ0) is 17.5. The Morgan fingerprint density at radius 1 is 1.28 bits per heavy atom. The summed E-state index contributed by atoms with van der Waals surface area (Å²) in [4.78, 5) is 24.3. The van der Waals surface area contributed by atoms with Crippen LogP contribution >= 0.6 is 12.4 Å². The minimum atomic E-state index is -0.593. The number of halogens is 1. The van der Waals surface area contributed by atoms with E-state index in [0.29, 0.717) is 29.5 Å². The van der Waals surface area contributed by atoms with E-state index in [4.69, 9.17) is 10.5 Å². The lowest BCUT2D eigenvalue weighted by Crippen LogP contribution is -2.42. The van der Waals surface area contributed by atoms with E-state index in [0.717, 1.165) is 12.8 Å². The number of hydrogen-bond acceptors (Lipinski definition) is 4. The lowest BCUT2D eigenvalue weighted by Gasteiger charge is -2.22. The second kappa shape index (κ2) is 10.1. The first-order chi connectivity index (χ1) is 11.5. The van der Waals surface area contributed by atoms with Gasteiger partial charge in [0.25, 0.3) is 0 Å². The van der Waals surface area contributed by atoms with E-state index >= 15 is 0 Å². The summed E-state index contributed by atoms with van der Waals surface area (Å²) in [7, 11) is 1.54. The fourth-order valence-corrected chi connectivity index (χ4v) is 3.08. The van der Waals surface area contributed by atoms with Crippen LogP contribution in [0.3, 0.4) is 0 Å². The Morgan fingerprint density at radius 2 is 1.96 bits per heavy atom. The number of amides is 2. The zero-order valence-electron chi connectivity index (χ0n) is 14.8. The van der Waals surface area contributed by atoms with Gasteiger partial charge in [0.1, 0.15) is 11.8 Å². The molecule has 0 spiro atoms. The first-order valence-corrected chi connectivity index (χ1v) is 8.53. The number of hydrogen-bond donors (Lipinski definition) is 3. The quantitative estimate of drug-likeness (QED) is 0.671.